The molecule has 1 saturated heterocycles. The van der Waals surface area contributed by atoms with Crippen LogP contribution in [0.4, 0.5) is 4.39 Å². The fourth-order valence-corrected chi connectivity index (χ4v) is 1.98. The summed E-state index contributed by atoms with van der Waals surface area (Å²) in [4.78, 5) is 0. The lowest BCUT2D eigenvalue weighted by Gasteiger charge is -2.30. The van der Waals surface area contributed by atoms with Crippen molar-refractivity contribution in [1.82, 2.24) is 5.43 Å². The van der Waals surface area contributed by atoms with Gasteiger partial charge in [0.15, 0.2) is 0 Å². The number of ether oxygens (including phenoxy) is 2. The Morgan fingerprint density at radius 1 is 1.47 bits per heavy atom. The Morgan fingerprint density at radius 2 is 2.29 bits per heavy atom. The second-order valence-corrected chi connectivity index (χ2v) is 4.14. The van der Waals surface area contributed by atoms with Gasteiger partial charge < -0.3 is 9.47 Å². The number of benzene rings is 1. The molecule has 0 amide bonds. The summed E-state index contributed by atoms with van der Waals surface area (Å²) in [7, 11) is 0. The van der Waals surface area contributed by atoms with E-state index in [1.54, 1.807) is 19.1 Å². The summed E-state index contributed by atoms with van der Waals surface area (Å²) < 4.78 is 24.1. The maximum Gasteiger partial charge on any atom is 0.126 e. The van der Waals surface area contributed by atoms with Crippen LogP contribution in [-0.4, -0.2) is 25.9 Å². The normalized spacial score (nSPS) is 22.4. The molecule has 1 aliphatic heterocycles. The highest BCUT2D eigenvalue weighted by Gasteiger charge is 2.25. The third-order valence-corrected chi connectivity index (χ3v) is 2.93. The molecule has 0 radical (unpaired) electrons. The van der Waals surface area contributed by atoms with Gasteiger partial charge in [-0.2, -0.15) is 0 Å². The van der Waals surface area contributed by atoms with E-state index in [1.165, 1.54) is 6.07 Å². The van der Waals surface area contributed by atoms with E-state index in [-0.39, 0.29) is 18.0 Å². The van der Waals surface area contributed by atoms with Crippen molar-refractivity contribution in [3.63, 3.8) is 0 Å². The van der Waals surface area contributed by atoms with Crippen molar-refractivity contribution in [2.45, 2.75) is 19.1 Å². The largest absolute Gasteiger partial charge is 0.376 e. The number of hydrazine groups is 1. The predicted octanol–water partition coefficient (Wildman–Crippen LogP) is 1.05. The van der Waals surface area contributed by atoms with Gasteiger partial charge in [-0.25, -0.2) is 4.39 Å². The maximum atomic E-state index is 13.2. The quantitative estimate of drug-likeness (QED) is 0.612. The van der Waals surface area contributed by atoms with Crippen LogP contribution in [-0.2, 0) is 9.47 Å². The Bertz CT molecular complexity index is 381. The van der Waals surface area contributed by atoms with Crippen LogP contribution >= 0.6 is 0 Å². The molecule has 94 valence electrons. The SMILES string of the molecule is Cc1cc(C(NN)C2COCCO2)ccc1F. The van der Waals surface area contributed by atoms with E-state index >= 15 is 0 Å². The first-order chi connectivity index (χ1) is 8.22. The first kappa shape index (κ1) is 12.4. The molecule has 4 nitrogen and oxygen atoms in total. The van der Waals surface area contributed by atoms with Gasteiger partial charge in [0.05, 0.1) is 25.9 Å². The van der Waals surface area contributed by atoms with Gasteiger partial charge in [0, 0.05) is 0 Å². The van der Waals surface area contributed by atoms with Gasteiger partial charge in [-0.15, -0.1) is 0 Å². The standard InChI is InChI=1S/C12H17FN2O2/c1-8-6-9(2-3-10(8)13)12(15-14)11-7-16-4-5-17-11/h2-3,6,11-12,15H,4-5,7,14H2,1H3. The Balaban J connectivity index is 2.18. The number of nitrogens with two attached hydrogens (primary N) is 1. The molecule has 1 aliphatic rings. The number of nitrogens with one attached hydrogen (secondary N) is 1. The molecule has 0 aliphatic carbocycles. The molecule has 0 bridgehead atoms. The number of rotatable bonds is 3. The highest BCUT2D eigenvalue weighted by Crippen LogP contribution is 2.22. The third kappa shape index (κ3) is 2.81. The van der Waals surface area contributed by atoms with Crippen molar-refractivity contribution < 1.29 is 13.9 Å². The summed E-state index contributed by atoms with van der Waals surface area (Å²) in [6, 6.07) is 4.75. The fraction of sp³-hybridized carbons (Fsp3) is 0.500. The van der Waals surface area contributed by atoms with Gasteiger partial charge >= 0.3 is 0 Å². The minimum atomic E-state index is -0.217. The Hall–Kier alpha value is -1.01. The van der Waals surface area contributed by atoms with Crippen LogP contribution in [0.2, 0.25) is 0 Å². The second-order valence-electron chi connectivity index (χ2n) is 4.14. The van der Waals surface area contributed by atoms with E-state index in [0.717, 1.165) is 5.56 Å². The monoisotopic (exact) mass is 240 g/mol. The molecule has 5 heteroatoms. The van der Waals surface area contributed by atoms with Crippen LogP contribution in [0.15, 0.2) is 18.2 Å². The topological polar surface area (TPSA) is 56.5 Å². The average molecular weight is 240 g/mol. The zero-order chi connectivity index (χ0) is 12.3. The lowest BCUT2D eigenvalue weighted by atomic mass is 10.00. The molecule has 0 aromatic heterocycles. The molecule has 2 rings (SSSR count). The number of aryl methyl sites for hydroxylation is 1. The number of halogens is 1. The summed E-state index contributed by atoms with van der Waals surface area (Å²) >= 11 is 0. The smallest absolute Gasteiger partial charge is 0.126 e. The first-order valence-corrected chi connectivity index (χ1v) is 5.64. The molecule has 1 fully saturated rings. The molecular formula is C12H17FN2O2. The van der Waals surface area contributed by atoms with Gasteiger partial charge in [0.25, 0.3) is 0 Å². The minimum Gasteiger partial charge on any atom is -0.376 e. The molecule has 17 heavy (non-hydrogen) atoms. The van der Waals surface area contributed by atoms with Gasteiger partial charge in [-0.1, -0.05) is 12.1 Å². The zero-order valence-electron chi connectivity index (χ0n) is 9.78. The number of hydrogen-bond acceptors (Lipinski definition) is 4. The molecule has 0 saturated carbocycles. The van der Waals surface area contributed by atoms with Crippen LogP contribution in [0.1, 0.15) is 17.2 Å². The van der Waals surface area contributed by atoms with Crippen LogP contribution in [0.25, 0.3) is 0 Å². The van der Waals surface area contributed by atoms with E-state index in [9.17, 15) is 4.39 Å². The summed E-state index contributed by atoms with van der Waals surface area (Å²) in [6.45, 7) is 3.38. The predicted molar refractivity (Wildman–Crippen MR) is 61.8 cm³/mol. The van der Waals surface area contributed by atoms with E-state index in [0.29, 0.717) is 25.4 Å². The Kier molecular flexibility index (Phi) is 4.06. The fourth-order valence-electron chi connectivity index (χ4n) is 1.98. The van der Waals surface area contributed by atoms with E-state index in [1.807, 2.05) is 0 Å². The number of hydrogen-bond donors (Lipinski definition) is 2. The molecule has 0 spiro atoms. The van der Waals surface area contributed by atoms with Crippen LogP contribution in [0.3, 0.4) is 0 Å². The third-order valence-electron chi connectivity index (χ3n) is 2.93. The van der Waals surface area contributed by atoms with Crippen molar-refractivity contribution in [3.8, 4) is 0 Å². The summed E-state index contributed by atoms with van der Waals surface area (Å²) in [5.41, 5.74) is 4.21. The average Bonchev–Trinajstić information content (AvgIpc) is 2.36. The molecule has 1 heterocycles. The lowest BCUT2D eigenvalue weighted by Crippen LogP contribution is -2.43. The molecular weight excluding hydrogens is 223 g/mol. The van der Waals surface area contributed by atoms with Gasteiger partial charge in [-0.3, -0.25) is 11.3 Å². The molecule has 1 aromatic rings. The molecule has 3 N–H and O–H groups in total. The Morgan fingerprint density at radius 3 is 2.88 bits per heavy atom. The van der Waals surface area contributed by atoms with E-state index in [4.69, 9.17) is 15.3 Å². The minimum absolute atomic E-state index is 0.140. The van der Waals surface area contributed by atoms with Crippen LogP contribution in [0, 0.1) is 12.7 Å². The summed E-state index contributed by atoms with van der Waals surface area (Å²) in [5, 5.41) is 0. The van der Waals surface area contributed by atoms with Gasteiger partial charge in [-0.05, 0) is 24.1 Å². The van der Waals surface area contributed by atoms with Crippen molar-refractivity contribution in [2.24, 2.45) is 5.84 Å². The summed E-state index contributed by atoms with van der Waals surface area (Å²) in [5.74, 6) is 5.33. The molecule has 1 aromatic carbocycles. The van der Waals surface area contributed by atoms with E-state index < -0.39 is 0 Å². The van der Waals surface area contributed by atoms with E-state index in [2.05, 4.69) is 5.43 Å². The molecule has 2 unspecified atom stereocenters. The highest BCUT2D eigenvalue weighted by atomic mass is 19.1. The maximum absolute atomic E-state index is 13.2. The van der Waals surface area contributed by atoms with Crippen LogP contribution < -0.4 is 11.3 Å². The lowest BCUT2D eigenvalue weighted by molar-refractivity contribution is -0.102. The van der Waals surface area contributed by atoms with Gasteiger partial charge in [0.2, 0.25) is 0 Å². The zero-order valence-corrected chi connectivity index (χ0v) is 9.78. The van der Waals surface area contributed by atoms with Crippen molar-refractivity contribution >= 4 is 0 Å². The van der Waals surface area contributed by atoms with Gasteiger partial charge in [0.1, 0.15) is 11.9 Å². The van der Waals surface area contributed by atoms with Crippen molar-refractivity contribution in [2.75, 3.05) is 19.8 Å². The van der Waals surface area contributed by atoms with Crippen LogP contribution in [0.5, 0.6) is 0 Å². The first-order valence-electron chi connectivity index (χ1n) is 5.64. The Labute approximate surface area is 99.9 Å². The van der Waals surface area contributed by atoms with Crippen molar-refractivity contribution in [1.29, 1.82) is 0 Å². The highest BCUT2D eigenvalue weighted by molar-refractivity contribution is 5.27. The molecule has 2 atom stereocenters. The van der Waals surface area contributed by atoms with Crippen molar-refractivity contribution in [3.05, 3.63) is 35.1 Å². The summed E-state index contributed by atoms with van der Waals surface area (Å²) in [6.07, 6.45) is -0.140. The second kappa shape index (κ2) is 5.55.